The van der Waals surface area contributed by atoms with Crippen molar-refractivity contribution in [1.29, 1.82) is 0 Å². The number of rotatable bonds is 4. The Hall–Kier alpha value is -2.86. The van der Waals surface area contributed by atoms with Gasteiger partial charge in [-0.25, -0.2) is 0 Å². The van der Waals surface area contributed by atoms with E-state index in [0.29, 0.717) is 13.1 Å². The predicted molar refractivity (Wildman–Crippen MR) is 110 cm³/mol. The summed E-state index contributed by atoms with van der Waals surface area (Å²) in [6, 6.07) is 18.2. The molecule has 0 atom stereocenters. The van der Waals surface area contributed by atoms with Crippen LogP contribution in [0.5, 0.6) is 0 Å². The minimum atomic E-state index is -0.818. The summed E-state index contributed by atoms with van der Waals surface area (Å²) in [4.78, 5) is 13.5. The lowest BCUT2D eigenvalue weighted by molar-refractivity contribution is -0.137. The van der Waals surface area contributed by atoms with Gasteiger partial charge >= 0.3 is 5.97 Å². The van der Waals surface area contributed by atoms with Gasteiger partial charge in [0.1, 0.15) is 6.54 Å². The molecule has 1 aliphatic rings. The van der Waals surface area contributed by atoms with E-state index in [9.17, 15) is 9.90 Å². The summed E-state index contributed by atoms with van der Waals surface area (Å²) in [5, 5.41) is 14.5. The van der Waals surface area contributed by atoms with Gasteiger partial charge in [0.05, 0.1) is 0 Å². The molecular weight excluding hydrogens is 358 g/mol. The van der Waals surface area contributed by atoms with Crippen molar-refractivity contribution in [2.24, 2.45) is 0 Å². The number of para-hydroxylation sites is 1. The first-order valence-corrected chi connectivity index (χ1v) is 9.42. The fourth-order valence-corrected chi connectivity index (χ4v) is 4.00. The molecule has 6 heteroatoms. The summed E-state index contributed by atoms with van der Waals surface area (Å²) >= 11 is 5.62. The van der Waals surface area contributed by atoms with Crippen LogP contribution in [0.3, 0.4) is 0 Å². The maximum absolute atomic E-state index is 11.3. The van der Waals surface area contributed by atoms with Crippen molar-refractivity contribution in [2.45, 2.75) is 26.1 Å². The molecule has 2 aromatic carbocycles. The highest BCUT2D eigenvalue weighted by Gasteiger charge is 2.25. The van der Waals surface area contributed by atoms with Gasteiger partial charge in [-0.05, 0) is 23.8 Å². The Morgan fingerprint density at radius 3 is 2.63 bits per heavy atom. The van der Waals surface area contributed by atoms with Gasteiger partial charge in [0.2, 0.25) is 0 Å². The summed E-state index contributed by atoms with van der Waals surface area (Å²) in [6.07, 6.45) is 0.782. The molecule has 0 unspecified atom stereocenters. The van der Waals surface area contributed by atoms with E-state index >= 15 is 0 Å². The molecule has 2 heterocycles. The van der Waals surface area contributed by atoms with Crippen molar-refractivity contribution in [1.82, 2.24) is 14.8 Å². The maximum atomic E-state index is 11.3. The monoisotopic (exact) mass is 379 g/mol. The normalized spacial score (nSPS) is 13.4. The average Bonchev–Trinajstić information content (AvgIpc) is 3.00. The Bertz CT molecular complexity index is 997. The molecule has 0 aliphatic carbocycles. The second kappa shape index (κ2) is 7.40. The lowest BCUT2D eigenvalue weighted by atomic mass is 10.0. The number of carboxylic acid groups (broad SMARTS) is 1. The van der Waals surface area contributed by atoms with E-state index in [0.717, 1.165) is 34.7 Å². The zero-order valence-corrected chi connectivity index (χ0v) is 15.7. The lowest BCUT2D eigenvalue weighted by Crippen LogP contribution is -2.42. The van der Waals surface area contributed by atoms with E-state index in [-0.39, 0.29) is 6.54 Å². The molecule has 0 fully saturated rings. The minimum Gasteiger partial charge on any atom is -0.480 e. The molecule has 2 N–H and O–H groups in total. The Morgan fingerprint density at radius 1 is 1.11 bits per heavy atom. The molecule has 0 radical (unpaired) electrons. The molecule has 1 aromatic heterocycles. The van der Waals surface area contributed by atoms with Crippen LogP contribution in [-0.4, -0.2) is 32.2 Å². The number of hydrogen-bond donors (Lipinski definition) is 2. The van der Waals surface area contributed by atoms with Crippen LogP contribution in [0.15, 0.2) is 54.6 Å². The van der Waals surface area contributed by atoms with Crippen LogP contribution in [0.4, 0.5) is 0 Å². The molecule has 0 spiro atoms. The predicted octanol–water partition coefficient (Wildman–Crippen LogP) is 3.16. The Balaban J connectivity index is 1.56. The number of fused-ring (bicyclic) bond motifs is 3. The van der Waals surface area contributed by atoms with Crippen LogP contribution >= 0.6 is 12.2 Å². The number of aliphatic carboxylic acids is 1. The highest BCUT2D eigenvalue weighted by molar-refractivity contribution is 7.80. The lowest BCUT2D eigenvalue weighted by Gasteiger charge is -2.30. The zero-order valence-electron chi connectivity index (χ0n) is 14.9. The number of hydrogen-bond acceptors (Lipinski definition) is 2. The van der Waals surface area contributed by atoms with Gasteiger partial charge in [0, 0.05) is 48.2 Å². The van der Waals surface area contributed by atoms with Crippen molar-refractivity contribution in [2.75, 3.05) is 6.54 Å². The van der Waals surface area contributed by atoms with E-state index in [2.05, 4.69) is 28.4 Å². The van der Waals surface area contributed by atoms with E-state index < -0.39 is 5.97 Å². The van der Waals surface area contributed by atoms with E-state index in [1.807, 2.05) is 41.0 Å². The topological polar surface area (TPSA) is 57.5 Å². The van der Waals surface area contributed by atoms with Crippen LogP contribution in [0.1, 0.15) is 16.8 Å². The zero-order chi connectivity index (χ0) is 18.8. The van der Waals surface area contributed by atoms with Gasteiger partial charge in [-0.15, -0.1) is 0 Å². The van der Waals surface area contributed by atoms with Gasteiger partial charge in [-0.1, -0.05) is 48.5 Å². The van der Waals surface area contributed by atoms with Gasteiger partial charge < -0.3 is 19.9 Å². The van der Waals surface area contributed by atoms with Crippen molar-refractivity contribution in [3.05, 3.63) is 71.4 Å². The largest absolute Gasteiger partial charge is 0.480 e. The number of aromatic nitrogens is 1. The Morgan fingerprint density at radius 2 is 1.85 bits per heavy atom. The summed E-state index contributed by atoms with van der Waals surface area (Å²) in [7, 11) is 0. The third-order valence-corrected chi connectivity index (χ3v) is 5.43. The quantitative estimate of drug-likeness (QED) is 0.682. The number of nitrogens with zero attached hydrogens (tertiary/aromatic N) is 2. The highest BCUT2D eigenvalue weighted by atomic mass is 32.1. The Kier molecular flexibility index (Phi) is 4.81. The van der Waals surface area contributed by atoms with Gasteiger partial charge in [-0.3, -0.25) is 4.79 Å². The number of nitrogens with one attached hydrogen (secondary N) is 1. The van der Waals surface area contributed by atoms with Gasteiger partial charge in [0.25, 0.3) is 0 Å². The first kappa shape index (κ1) is 17.5. The molecule has 4 rings (SSSR count). The number of carbonyl (C=O) groups is 1. The van der Waals surface area contributed by atoms with E-state index in [4.69, 9.17) is 12.2 Å². The molecular formula is C21H21N3O2S. The van der Waals surface area contributed by atoms with Gasteiger partial charge in [-0.2, -0.15) is 0 Å². The summed E-state index contributed by atoms with van der Waals surface area (Å²) in [6.45, 7) is 2.17. The number of carboxylic acids is 1. The minimum absolute atomic E-state index is 0.00739. The molecule has 1 aliphatic heterocycles. The SMILES string of the molecule is O=C(O)Cn1c2c(c3ccccc31)CN(C(=S)NCc1ccccc1)CC2. The van der Waals surface area contributed by atoms with Crippen LogP contribution in [0.2, 0.25) is 0 Å². The molecule has 0 saturated heterocycles. The summed E-state index contributed by atoms with van der Waals surface area (Å²) < 4.78 is 1.94. The fraction of sp³-hybridized carbons (Fsp3) is 0.238. The third-order valence-electron chi connectivity index (χ3n) is 5.03. The molecule has 5 nitrogen and oxygen atoms in total. The van der Waals surface area contributed by atoms with Crippen molar-refractivity contribution >= 4 is 34.2 Å². The molecule has 0 saturated carbocycles. The van der Waals surface area contributed by atoms with Crippen molar-refractivity contribution in [3.63, 3.8) is 0 Å². The number of benzene rings is 2. The van der Waals surface area contributed by atoms with Crippen LogP contribution < -0.4 is 5.32 Å². The van der Waals surface area contributed by atoms with Gasteiger partial charge in [0.15, 0.2) is 5.11 Å². The molecule has 27 heavy (non-hydrogen) atoms. The highest BCUT2D eigenvalue weighted by Crippen LogP contribution is 2.31. The number of thiocarbonyl (C=S) groups is 1. The maximum Gasteiger partial charge on any atom is 0.323 e. The van der Waals surface area contributed by atoms with Crippen LogP contribution in [0, 0.1) is 0 Å². The van der Waals surface area contributed by atoms with Crippen LogP contribution in [-0.2, 0) is 30.8 Å². The molecule has 0 amide bonds. The first-order chi connectivity index (χ1) is 13.1. The first-order valence-electron chi connectivity index (χ1n) is 9.01. The fourth-order valence-electron chi connectivity index (χ4n) is 3.78. The molecule has 3 aromatic rings. The molecule has 138 valence electrons. The average molecular weight is 379 g/mol. The van der Waals surface area contributed by atoms with E-state index in [1.165, 1.54) is 11.1 Å². The van der Waals surface area contributed by atoms with E-state index in [1.54, 1.807) is 0 Å². The summed E-state index contributed by atoms with van der Waals surface area (Å²) in [5.41, 5.74) is 4.47. The summed E-state index contributed by atoms with van der Waals surface area (Å²) in [5.74, 6) is -0.818. The van der Waals surface area contributed by atoms with Crippen LogP contribution in [0.25, 0.3) is 10.9 Å². The smallest absolute Gasteiger partial charge is 0.323 e. The Labute approximate surface area is 163 Å². The van der Waals surface area contributed by atoms with Crippen molar-refractivity contribution < 1.29 is 9.90 Å². The standard InChI is InChI=1S/C21H21N3O2S/c25-20(26)14-24-18-9-5-4-8-16(18)17-13-23(11-10-19(17)24)21(27)22-12-15-6-2-1-3-7-15/h1-9H,10-14H2,(H,22,27)(H,25,26). The molecule has 0 bridgehead atoms. The second-order valence-electron chi connectivity index (χ2n) is 6.74. The third kappa shape index (κ3) is 3.53. The van der Waals surface area contributed by atoms with Crippen molar-refractivity contribution in [3.8, 4) is 0 Å². The second-order valence-corrected chi connectivity index (χ2v) is 7.12.